The van der Waals surface area contributed by atoms with Crippen LogP contribution >= 0.6 is 0 Å². The molecule has 92 valence electrons. The van der Waals surface area contributed by atoms with Gasteiger partial charge in [0.15, 0.2) is 0 Å². The molecule has 0 aromatic heterocycles. The van der Waals surface area contributed by atoms with Gasteiger partial charge in [-0.3, -0.25) is 4.79 Å². The summed E-state index contributed by atoms with van der Waals surface area (Å²) in [7, 11) is 0. The first-order chi connectivity index (χ1) is 8.09. The zero-order valence-electron chi connectivity index (χ0n) is 10.1. The summed E-state index contributed by atoms with van der Waals surface area (Å²) < 4.78 is 4.76. The van der Waals surface area contributed by atoms with Crippen LogP contribution in [0.25, 0.3) is 0 Å². The second-order valence-electron chi connectivity index (χ2n) is 3.95. The number of benzene rings is 1. The van der Waals surface area contributed by atoms with E-state index in [0.29, 0.717) is 13.0 Å². The van der Waals surface area contributed by atoms with E-state index in [2.05, 4.69) is 5.32 Å². The molecule has 1 aromatic rings. The van der Waals surface area contributed by atoms with Crippen molar-refractivity contribution in [3.8, 4) is 0 Å². The first-order valence-corrected chi connectivity index (χ1v) is 5.62. The van der Waals surface area contributed by atoms with Gasteiger partial charge in [0, 0.05) is 6.54 Å². The number of rotatable bonds is 4. The minimum Gasteiger partial charge on any atom is -0.456 e. The fraction of sp³-hybridized carbons (Fsp3) is 0.385. The molecular weight excluding hydrogens is 218 g/mol. The zero-order valence-corrected chi connectivity index (χ0v) is 10.1. The lowest BCUT2D eigenvalue weighted by molar-refractivity contribution is -0.157. The average Bonchev–Trinajstić information content (AvgIpc) is 2.29. The zero-order chi connectivity index (χ0) is 12.7. The molecule has 0 saturated heterocycles. The van der Waals surface area contributed by atoms with E-state index in [4.69, 9.17) is 4.74 Å². The Hall–Kier alpha value is -1.84. The van der Waals surface area contributed by atoms with Crippen molar-refractivity contribution in [3.05, 3.63) is 35.9 Å². The first-order valence-electron chi connectivity index (χ1n) is 5.62. The quantitative estimate of drug-likeness (QED) is 0.632. The van der Waals surface area contributed by atoms with Crippen LogP contribution in [0.1, 0.15) is 19.4 Å². The van der Waals surface area contributed by atoms with Crippen molar-refractivity contribution in [2.75, 3.05) is 6.54 Å². The van der Waals surface area contributed by atoms with Gasteiger partial charge in [0.2, 0.25) is 0 Å². The summed E-state index contributed by atoms with van der Waals surface area (Å²) in [5.74, 6) is -1.51. The van der Waals surface area contributed by atoms with Gasteiger partial charge in [0.25, 0.3) is 0 Å². The number of hydrogen-bond donors (Lipinski definition) is 1. The summed E-state index contributed by atoms with van der Waals surface area (Å²) in [5, 5.41) is 2.52. The largest absolute Gasteiger partial charge is 0.456 e. The van der Waals surface area contributed by atoms with E-state index in [0.717, 1.165) is 5.56 Å². The van der Waals surface area contributed by atoms with Crippen LogP contribution in [0.15, 0.2) is 30.3 Å². The molecule has 0 aliphatic carbocycles. The Labute approximate surface area is 101 Å². The first kappa shape index (κ1) is 13.2. The highest BCUT2D eigenvalue weighted by Gasteiger charge is 2.15. The number of nitrogens with one attached hydrogen (secondary N) is 1. The second-order valence-corrected chi connectivity index (χ2v) is 3.95. The topological polar surface area (TPSA) is 55.4 Å². The van der Waals surface area contributed by atoms with Gasteiger partial charge in [-0.25, -0.2) is 4.79 Å². The Balaban J connectivity index is 2.27. The Morgan fingerprint density at radius 3 is 2.47 bits per heavy atom. The normalized spacial score (nSPS) is 10.1. The predicted octanol–water partition coefficient (Wildman–Crippen LogP) is 1.30. The SMILES string of the molecule is CC(C)OC(=O)C(=O)NCCc1ccccc1. The van der Waals surface area contributed by atoms with E-state index in [1.165, 1.54) is 0 Å². The van der Waals surface area contributed by atoms with E-state index in [-0.39, 0.29) is 6.10 Å². The van der Waals surface area contributed by atoms with Crippen molar-refractivity contribution >= 4 is 11.9 Å². The standard InChI is InChI=1S/C13H17NO3/c1-10(2)17-13(16)12(15)14-9-8-11-6-4-3-5-7-11/h3-7,10H,8-9H2,1-2H3,(H,14,15). The molecule has 1 rings (SSSR count). The van der Waals surface area contributed by atoms with Gasteiger partial charge in [-0.05, 0) is 25.8 Å². The van der Waals surface area contributed by atoms with E-state index >= 15 is 0 Å². The molecule has 0 unspecified atom stereocenters. The summed E-state index contributed by atoms with van der Waals surface area (Å²) in [5.41, 5.74) is 1.12. The number of carbonyl (C=O) groups is 2. The molecule has 1 aromatic carbocycles. The van der Waals surface area contributed by atoms with Crippen molar-refractivity contribution in [1.29, 1.82) is 0 Å². The fourth-order valence-electron chi connectivity index (χ4n) is 1.30. The van der Waals surface area contributed by atoms with Crippen LogP contribution in [0.5, 0.6) is 0 Å². The molecule has 0 heterocycles. The molecule has 0 spiro atoms. The molecule has 0 bridgehead atoms. The minimum atomic E-state index is -0.826. The number of carbonyl (C=O) groups excluding carboxylic acids is 2. The molecule has 0 atom stereocenters. The Morgan fingerprint density at radius 1 is 1.24 bits per heavy atom. The highest BCUT2D eigenvalue weighted by atomic mass is 16.5. The number of amides is 1. The summed E-state index contributed by atoms with van der Waals surface area (Å²) in [6.45, 7) is 3.83. The molecule has 0 saturated carbocycles. The highest BCUT2D eigenvalue weighted by molar-refractivity contribution is 6.32. The van der Waals surface area contributed by atoms with E-state index < -0.39 is 11.9 Å². The maximum absolute atomic E-state index is 11.3. The highest BCUT2D eigenvalue weighted by Crippen LogP contribution is 1.98. The van der Waals surface area contributed by atoms with Crippen molar-refractivity contribution in [2.24, 2.45) is 0 Å². The van der Waals surface area contributed by atoms with Crippen molar-refractivity contribution in [2.45, 2.75) is 26.4 Å². The van der Waals surface area contributed by atoms with Gasteiger partial charge in [-0.1, -0.05) is 30.3 Å². The molecule has 0 aliphatic rings. The number of hydrogen-bond acceptors (Lipinski definition) is 3. The van der Waals surface area contributed by atoms with E-state index in [1.54, 1.807) is 13.8 Å². The third kappa shape index (κ3) is 5.15. The van der Waals surface area contributed by atoms with Crippen LogP contribution in [-0.2, 0) is 20.7 Å². The smallest absolute Gasteiger partial charge is 0.397 e. The van der Waals surface area contributed by atoms with Crippen molar-refractivity contribution < 1.29 is 14.3 Å². The van der Waals surface area contributed by atoms with Gasteiger partial charge in [0.05, 0.1) is 6.10 Å². The molecular formula is C13H17NO3. The fourth-order valence-corrected chi connectivity index (χ4v) is 1.30. The van der Waals surface area contributed by atoms with E-state index in [9.17, 15) is 9.59 Å². The van der Waals surface area contributed by atoms with Crippen molar-refractivity contribution in [3.63, 3.8) is 0 Å². The summed E-state index contributed by atoms with van der Waals surface area (Å²) >= 11 is 0. The van der Waals surface area contributed by atoms with Crippen LogP contribution in [0.2, 0.25) is 0 Å². The van der Waals surface area contributed by atoms with Crippen molar-refractivity contribution in [1.82, 2.24) is 5.32 Å². The molecule has 0 aliphatic heterocycles. The van der Waals surface area contributed by atoms with Crippen LogP contribution < -0.4 is 5.32 Å². The Kier molecular flexibility index (Phi) is 5.20. The number of esters is 1. The Bertz CT molecular complexity index is 374. The summed E-state index contributed by atoms with van der Waals surface area (Å²) in [6, 6.07) is 9.74. The van der Waals surface area contributed by atoms with E-state index in [1.807, 2.05) is 30.3 Å². The van der Waals surface area contributed by atoms with Gasteiger partial charge in [-0.15, -0.1) is 0 Å². The monoisotopic (exact) mass is 235 g/mol. The lowest BCUT2D eigenvalue weighted by atomic mass is 10.1. The maximum atomic E-state index is 11.3. The molecule has 4 nitrogen and oxygen atoms in total. The van der Waals surface area contributed by atoms with Gasteiger partial charge < -0.3 is 10.1 Å². The molecule has 1 N–H and O–H groups in total. The van der Waals surface area contributed by atoms with Crippen LogP contribution in [0, 0.1) is 0 Å². The van der Waals surface area contributed by atoms with Crippen LogP contribution in [0.3, 0.4) is 0 Å². The molecule has 17 heavy (non-hydrogen) atoms. The minimum absolute atomic E-state index is 0.276. The average molecular weight is 235 g/mol. The Morgan fingerprint density at radius 2 is 1.88 bits per heavy atom. The third-order valence-corrected chi connectivity index (χ3v) is 2.07. The van der Waals surface area contributed by atoms with Gasteiger partial charge >= 0.3 is 11.9 Å². The summed E-state index contributed by atoms with van der Waals surface area (Å²) in [4.78, 5) is 22.4. The molecule has 1 amide bonds. The van der Waals surface area contributed by atoms with Gasteiger partial charge in [-0.2, -0.15) is 0 Å². The second kappa shape index (κ2) is 6.68. The van der Waals surface area contributed by atoms with Gasteiger partial charge in [0.1, 0.15) is 0 Å². The molecule has 4 heteroatoms. The number of ether oxygens (including phenoxy) is 1. The van der Waals surface area contributed by atoms with Crippen LogP contribution in [0.4, 0.5) is 0 Å². The summed E-state index contributed by atoms with van der Waals surface area (Å²) in [6.07, 6.45) is 0.420. The van der Waals surface area contributed by atoms with Crippen LogP contribution in [-0.4, -0.2) is 24.5 Å². The third-order valence-electron chi connectivity index (χ3n) is 2.07. The molecule has 0 radical (unpaired) electrons. The molecule has 0 fully saturated rings. The predicted molar refractivity (Wildman–Crippen MR) is 64.4 cm³/mol. The maximum Gasteiger partial charge on any atom is 0.397 e. The lowest BCUT2D eigenvalue weighted by Crippen LogP contribution is -2.35. The lowest BCUT2D eigenvalue weighted by Gasteiger charge is -2.08.